The van der Waals surface area contributed by atoms with Crippen molar-refractivity contribution in [2.75, 3.05) is 38.7 Å². The first-order valence-electron chi connectivity index (χ1n) is 10.4. The van der Waals surface area contributed by atoms with Crippen molar-refractivity contribution in [1.29, 1.82) is 0 Å². The summed E-state index contributed by atoms with van der Waals surface area (Å²) in [6, 6.07) is 7.36. The SMILES string of the molecule is CC.COCCOc1cc2ncnc(Nc3ccc(C)c(Cl)c3F)c2cc1C1CNC1. The van der Waals surface area contributed by atoms with Crippen LogP contribution in [0.1, 0.15) is 30.9 Å². The number of hydrogen-bond acceptors (Lipinski definition) is 6. The predicted molar refractivity (Wildman–Crippen MR) is 123 cm³/mol. The van der Waals surface area contributed by atoms with Crippen molar-refractivity contribution < 1.29 is 13.9 Å². The molecule has 0 atom stereocenters. The lowest BCUT2D eigenvalue weighted by Crippen LogP contribution is -2.40. The van der Waals surface area contributed by atoms with Crippen molar-refractivity contribution in [3.8, 4) is 5.75 Å². The highest BCUT2D eigenvalue weighted by Crippen LogP contribution is 2.36. The molecule has 2 heterocycles. The number of nitrogens with one attached hydrogen (secondary N) is 2. The highest BCUT2D eigenvalue weighted by atomic mass is 35.5. The third-order valence-corrected chi connectivity index (χ3v) is 5.53. The Morgan fingerprint density at radius 1 is 1.19 bits per heavy atom. The molecule has 6 nitrogen and oxygen atoms in total. The van der Waals surface area contributed by atoms with Gasteiger partial charge in [0.15, 0.2) is 5.82 Å². The fraction of sp³-hybridized carbons (Fsp3) is 0.391. The van der Waals surface area contributed by atoms with E-state index < -0.39 is 5.82 Å². The molecular weight excluding hydrogens is 419 g/mol. The number of hydrogen-bond donors (Lipinski definition) is 2. The molecule has 0 aliphatic carbocycles. The van der Waals surface area contributed by atoms with Crippen LogP contribution in [-0.4, -0.2) is 43.4 Å². The van der Waals surface area contributed by atoms with Gasteiger partial charge in [0.05, 0.1) is 22.8 Å². The van der Waals surface area contributed by atoms with Gasteiger partial charge in [-0.3, -0.25) is 0 Å². The van der Waals surface area contributed by atoms with Crippen LogP contribution in [0.2, 0.25) is 5.02 Å². The molecule has 0 unspecified atom stereocenters. The van der Waals surface area contributed by atoms with E-state index >= 15 is 0 Å². The van der Waals surface area contributed by atoms with Crippen molar-refractivity contribution in [2.45, 2.75) is 26.7 Å². The van der Waals surface area contributed by atoms with E-state index in [9.17, 15) is 4.39 Å². The van der Waals surface area contributed by atoms with E-state index in [1.165, 1.54) is 6.33 Å². The van der Waals surface area contributed by atoms with Gasteiger partial charge in [-0.05, 0) is 24.6 Å². The van der Waals surface area contributed by atoms with Gasteiger partial charge in [0, 0.05) is 43.1 Å². The van der Waals surface area contributed by atoms with Gasteiger partial charge in [-0.15, -0.1) is 0 Å². The van der Waals surface area contributed by atoms with Crippen molar-refractivity contribution in [2.24, 2.45) is 0 Å². The van der Waals surface area contributed by atoms with Crippen LogP contribution in [0.5, 0.6) is 5.75 Å². The zero-order chi connectivity index (χ0) is 22.4. The van der Waals surface area contributed by atoms with E-state index in [1.807, 2.05) is 26.0 Å². The molecule has 2 aromatic carbocycles. The van der Waals surface area contributed by atoms with Crippen LogP contribution in [0.15, 0.2) is 30.6 Å². The molecule has 1 aliphatic rings. The standard InChI is InChI=1S/C21H22ClFN4O2.C2H6/c1-12-3-4-16(20(23)19(12)22)27-21-15-7-14(13-9-24-10-13)18(29-6-5-28-2)8-17(15)25-11-26-21;1-2/h3-4,7-8,11,13,24H,5-6,9-10H2,1-2H3,(H,25,26,27);1-2H3. The van der Waals surface area contributed by atoms with Crippen LogP contribution in [0, 0.1) is 12.7 Å². The van der Waals surface area contributed by atoms with E-state index in [1.54, 1.807) is 26.2 Å². The highest BCUT2D eigenvalue weighted by Gasteiger charge is 2.24. The summed E-state index contributed by atoms with van der Waals surface area (Å²) >= 11 is 6.06. The summed E-state index contributed by atoms with van der Waals surface area (Å²) in [4.78, 5) is 8.71. The Morgan fingerprint density at radius 2 is 1.97 bits per heavy atom. The summed E-state index contributed by atoms with van der Waals surface area (Å²) in [5, 5.41) is 7.25. The highest BCUT2D eigenvalue weighted by molar-refractivity contribution is 6.31. The van der Waals surface area contributed by atoms with E-state index in [-0.39, 0.29) is 10.7 Å². The second kappa shape index (κ2) is 10.7. The molecule has 3 aromatic rings. The molecule has 2 N–H and O–H groups in total. The molecule has 0 bridgehead atoms. The van der Waals surface area contributed by atoms with E-state index in [4.69, 9.17) is 21.1 Å². The van der Waals surface area contributed by atoms with Crippen LogP contribution in [0.4, 0.5) is 15.9 Å². The summed E-state index contributed by atoms with van der Waals surface area (Å²) in [7, 11) is 1.64. The third kappa shape index (κ3) is 5.06. The third-order valence-electron chi connectivity index (χ3n) is 5.06. The topological polar surface area (TPSA) is 68.3 Å². The second-order valence-corrected chi connectivity index (χ2v) is 7.39. The molecule has 0 amide bonds. The Kier molecular flexibility index (Phi) is 8.01. The number of fused-ring (bicyclic) bond motifs is 1. The molecule has 4 rings (SSSR count). The van der Waals surface area contributed by atoms with Gasteiger partial charge in [0.2, 0.25) is 0 Å². The second-order valence-electron chi connectivity index (χ2n) is 7.01. The maximum Gasteiger partial charge on any atom is 0.165 e. The lowest BCUT2D eigenvalue weighted by molar-refractivity contribution is 0.145. The maximum atomic E-state index is 14.6. The van der Waals surface area contributed by atoms with Crippen molar-refractivity contribution in [3.63, 3.8) is 0 Å². The van der Waals surface area contributed by atoms with Crippen molar-refractivity contribution >= 4 is 34.0 Å². The van der Waals surface area contributed by atoms with Gasteiger partial charge in [-0.25, -0.2) is 14.4 Å². The molecule has 166 valence electrons. The van der Waals surface area contributed by atoms with Gasteiger partial charge in [-0.2, -0.15) is 0 Å². The van der Waals surface area contributed by atoms with E-state index in [0.717, 1.165) is 29.8 Å². The first kappa shape index (κ1) is 23.2. The molecular formula is C23H28ClFN4O2. The van der Waals surface area contributed by atoms with E-state index in [0.29, 0.717) is 36.0 Å². The monoisotopic (exact) mass is 446 g/mol. The number of halogens is 2. The number of aryl methyl sites for hydroxylation is 1. The van der Waals surface area contributed by atoms with Crippen LogP contribution in [0.3, 0.4) is 0 Å². The molecule has 1 fully saturated rings. The minimum Gasteiger partial charge on any atom is -0.491 e. The molecule has 0 saturated carbocycles. The van der Waals surface area contributed by atoms with E-state index in [2.05, 4.69) is 20.6 Å². The summed E-state index contributed by atoms with van der Waals surface area (Å²) in [5.74, 6) is 1.15. The Balaban J connectivity index is 0.00000132. The fourth-order valence-corrected chi connectivity index (χ4v) is 3.42. The molecule has 1 saturated heterocycles. The molecule has 1 aromatic heterocycles. The summed E-state index contributed by atoms with van der Waals surface area (Å²) in [5.41, 5.74) is 2.74. The molecule has 31 heavy (non-hydrogen) atoms. The van der Waals surface area contributed by atoms with Crippen molar-refractivity contribution in [1.82, 2.24) is 15.3 Å². The average molecular weight is 447 g/mol. The first-order chi connectivity index (χ1) is 15.1. The zero-order valence-corrected chi connectivity index (χ0v) is 19.0. The maximum absolute atomic E-state index is 14.6. The molecule has 0 radical (unpaired) electrons. The largest absolute Gasteiger partial charge is 0.491 e. The minimum absolute atomic E-state index is 0.100. The molecule has 8 heteroatoms. The summed E-state index contributed by atoms with van der Waals surface area (Å²) < 4.78 is 25.6. The van der Waals surface area contributed by atoms with Gasteiger partial charge in [0.1, 0.15) is 24.5 Å². The minimum atomic E-state index is -0.499. The quantitative estimate of drug-likeness (QED) is 0.485. The molecule has 0 spiro atoms. The van der Waals surface area contributed by atoms with Crippen LogP contribution >= 0.6 is 11.6 Å². The molecule has 1 aliphatic heterocycles. The van der Waals surface area contributed by atoms with Gasteiger partial charge >= 0.3 is 0 Å². The lowest BCUT2D eigenvalue weighted by atomic mass is 9.91. The summed E-state index contributed by atoms with van der Waals surface area (Å²) in [6.45, 7) is 8.48. The van der Waals surface area contributed by atoms with Gasteiger partial charge in [0.25, 0.3) is 0 Å². The first-order valence-corrected chi connectivity index (χ1v) is 10.8. The Morgan fingerprint density at radius 3 is 2.65 bits per heavy atom. The average Bonchev–Trinajstić information content (AvgIpc) is 2.75. The Bertz CT molecular complexity index is 1040. The number of ether oxygens (including phenoxy) is 2. The number of anilines is 2. The number of aromatic nitrogens is 2. The number of methoxy groups -OCH3 is 1. The smallest absolute Gasteiger partial charge is 0.165 e. The fourth-order valence-electron chi connectivity index (χ4n) is 3.26. The number of nitrogens with zero attached hydrogens (tertiary/aromatic N) is 2. The Labute approximate surface area is 187 Å². The zero-order valence-electron chi connectivity index (χ0n) is 18.3. The number of rotatable bonds is 7. The number of benzene rings is 2. The van der Waals surface area contributed by atoms with Crippen LogP contribution in [0.25, 0.3) is 10.9 Å². The Hall–Kier alpha value is -2.48. The normalized spacial score (nSPS) is 13.4. The predicted octanol–water partition coefficient (Wildman–Crippen LogP) is 5.21. The van der Waals surface area contributed by atoms with Crippen molar-refractivity contribution in [3.05, 3.63) is 52.6 Å². The lowest BCUT2D eigenvalue weighted by Gasteiger charge is -2.29. The van der Waals surface area contributed by atoms with Gasteiger partial charge in [-0.1, -0.05) is 31.5 Å². The van der Waals surface area contributed by atoms with Gasteiger partial charge < -0.3 is 20.1 Å². The van der Waals surface area contributed by atoms with Crippen LogP contribution < -0.4 is 15.4 Å². The van der Waals surface area contributed by atoms with Crippen LogP contribution in [-0.2, 0) is 4.74 Å². The summed E-state index contributed by atoms with van der Waals surface area (Å²) in [6.07, 6.45) is 1.45.